The molecule has 0 unspecified atom stereocenters. The molecule has 82 valence electrons. The number of nitrogens with zero attached hydrogens (tertiary/aromatic N) is 4. The van der Waals surface area contributed by atoms with E-state index in [0.29, 0.717) is 5.92 Å². The minimum Gasteiger partial charge on any atom is -0.316 e. The van der Waals surface area contributed by atoms with Crippen molar-refractivity contribution in [2.24, 2.45) is 5.92 Å². The second kappa shape index (κ2) is 4.02. The first kappa shape index (κ1) is 9.47. The molecule has 2 heterocycles. The normalized spacial score (nSPS) is 16.0. The Bertz CT molecular complexity index is 460. The fourth-order valence-corrected chi connectivity index (χ4v) is 1.85. The first-order valence-electron chi connectivity index (χ1n) is 5.47. The standard InChI is InChI=1S/C11H13N5/c1-2-4-10(5-3-1)16-11(13-14-15-16)6-9-7-12-8-9/h1-5,9,12H,6-8H2. The maximum absolute atomic E-state index is 4.09. The Balaban J connectivity index is 1.87. The fraction of sp³-hybridized carbons (Fsp3) is 0.364. The summed E-state index contributed by atoms with van der Waals surface area (Å²) in [6, 6.07) is 10.00. The van der Waals surface area contributed by atoms with Gasteiger partial charge in [-0.2, -0.15) is 4.68 Å². The van der Waals surface area contributed by atoms with E-state index in [1.54, 1.807) is 0 Å². The number of rotatable bonds is 3. The third kappa shape index (κ3) is 1.69. The van der Waals surface area contributed by atoms with Gasteiger partial charge < -0.3 is 5.32 Å². The second-order valence-electron chi connectivity index (χ2n) is 4.07. The summed E-state index contributed by atoms with van der Waals surface area (Å²) in [7, 11) is 0. The fourth-order valence-electron chi connectivity index (χ4n) is 1.85. The molecule has 1 aromatic carbocycles. The Labute approximate surface area is 93.5 Å². The van der Waals surface area contributed by atoms with Crippen LogP contribution in [0.25, 0.3) is 5.69 Å². The van der Waals surface area contributed by atoms with Crippen molar-refractivity contribution >= 4 is 0 Å². The van der Waals surface area contributed by atoms with Crippen LogP contribution in [0.5, 0.6) is 0 Å². The predicted octanol–water partition coefficient (Wildman–Crippen LogP) is 0.424. The van der Waals surface area contributed by atoms with Gasteiger partial charge in [0.1, 0.15) is 0 Å². The SMILES string of the molecule is c1ccc(-n2nnnc2CC2CNC2)cc1. The van der Waals surface area contributed by atoms with Gasteiger partial charge in [-0.05, 0) is 41.6 Å². The number of nitrogens with one attached hydrogen (secondary N) is 1. The number of aromatic nitrogens is 4. The molecule has 0 aliphatic carbocycles. The van der Waals surface area contributed by atoms with E-state index in [9.17, 15) is 0 Å². The van der Waals surface area contributed by atoms with Crippen molar-refractivity contribution in [3.63, 3.8) is 0 Å². The summed E-state index contributed by atoms with van der Waals surface area (Å²) in [6.07, 6.45) is 0.939. The molecule has 16 heavy (non-hydrogen) atoms. The van der Waals surface area contributed by atoms with E-state index in [4.69, 9.17) is 0 Å². The lowest BCUT2D eigenvalue weighted by molar-refractivity contribution is 0.339. The zero-order chi connectivity index (χ0) is 10.8. The summed E-state index contributed by atoms with van der Waals surface area (Å²) in [5, 5.41) is 15.1. The highest BCUT2D eigenvalue weighted by Crippen LogP contribution is 2.13. The average molecular weight is 215 g/mol. The van der Waals surface area contributed by atoms with Crippen molar-refractivity contribution in [3.05, 3.63) is 36.2 Å². The van der Waals surface area contributed by atoms with Crippen LogP contribution >= 0.6 is 0 Å². The topological polar surface area (TPSA) is 55.6 Å². The highest BCUT2D eigenvalue weighted by Gasteiger charge is 2.20. The molecule has 1 aromatic heterocycles. The summed E-state index contributed by atoms with van der Waals surface area (Å²) in [4.78, 5) is 0. The predicted molar refractivity (Wildman–Crippen MR) is 59.2 cm³/mol. The van der Waals surface area contributed by atoms with Crippen LogP contribution in [-0.2, 0) is 6.42 Å². The summed E-state index contributed by atoms with van der Waals surface area (Å²) < 4.78 is 1.82. The van der Waals surface area contributed by atoms with Gasteiger partial charge in [-0.1, -0.05) is 18.2 Å². The molecule has 3 rings (SSSR count). The van der Waals surface area contributed by atoms with E-state index in [1.165, 1.54) is 0 Å². The van der Waals surface area contributed by atoms with Gasteiger partial charge in [0.25, 0.3) is 0 Å². The lowest BCUT2D eigenvalue weighted by atomic mass is 9.99. The lowest BCUT2D eigenvalue weighted by Crippen LogP contribution is -2.43. The molecule has 0 radical (unpaired) electrons. The van der Waals surface area contributed by atoms with Gasteiger partial charge in [0.2, 0.25) is 0 Å². The molecule has 1 fully saturated rings. The molecule has 0 bridgehead atoms. The van der Waals surface area contributed by atoms with Gasteiger partial charge in [0, 0.05) is 6.42 Å². The largest absolute Gasteiger partial charge is 0.316 e. The Hall–Kier alpha value is -1.75. The summed E-state index contributed by atoms with van der Waals surface area (Å²) in [6.45, 7) is 2.14. The van der Waals surface area contributed by atoms with Crippen LogP contribution < -0.4 is 5.32 Å². The monoisotopic (exact) mass is 215 g/mol. The smallest absolute Gasteiger partial charge is 0.157 e. The van der Waals surface area contributed by atoms with Crippen LogP contribution in [-0.4, -0.2) is 33.3 Å². The Morgan fingerprint density at radius 2 is 2.06 bits per heavy atom. The van der Waals surface area contributed by atoms with Crippen LogP contribution in [0.1, 0.15) is 5.82 Å². The van der Waals surface area contributed by atoms with E-state index in [2.05, 4.69) is 20.8 Å². The van der Waals surface area contributed by atoms with Crippen LogP contribution in [0.2, 0.25) is 0 Å². The van der Waals surface area contributed by atoms with Crippen molar-refractivity contribution in [2.75, 3.05) is 13.1 Å². The highest BCUT2D eigenvalue weighted by atomic mass is 15.5. The maximum Gasteiger partial charge on any atom is 0.157 e. The van der Waals surface area contributed by atoms with Crippen molar-refractivity contribution in [1.29, 1.82) is 0 Å². The molecule has 2 aromatic rings. The number of hydrogen-bond donors (Lipinski definition) is 1. The molecule has 1 N–H and O–H groups in total. The van der Waals surface area contributed by atoms with Crippen molar-refractivity contribution in [3.8, 4) is 5.69 Å². The van der Waals surface area contributed by atoms with Crippen molar-refractivity contribution in [1.82, 2.24) is 25.5 Å². The van der Waals surface area contributed by atoms with E-state index in [-0.39, 0.29) is 0 Å². The molecule has 1 aliphatic rings. The molecular weight excluding hydrogens is 202 g/mol. The summed E-state index contributed by atoms with van der Waals surface area (Å²) >= 11 is 0. The number of para-hydroxylation sites is 1. The first-order chi connectivity index (χ1) is 7.93. The third-order valence-corrected chi connectivity index (χ3v) is 2.87. The first-order valence-corrected chi connectivity index (χ1v) is 5.47. The van der Waals surface area contributed by atoms with Gasteiger partial charge >= 0.3 is 0 Å². The second-order valence-corrected chi connectivity index (χ2v) is 4.07. The number of tetrazole rings is 1. The Kier molecular flexibility index (Phi) is 2.38. The van der Waals surface area contributed by atoms with E-state index in [0.717, 1.165) is 31.0 Å². The average Bonchev–Trinajstić information content (AvgIpc) is 2.73. The molecule has 1 aliphatic heterocycles. The Morgan fingerprint density at radius 3 is 2.75 bits per heavy atom. The van der Waals surface area contributed by atoms with Crippen LogP contribution in [0, 0.1) is 5.92 Å². The van der Waals surface area contributed by atoms with Gasteiger partial charge in [-0.15, -0.1) is 5.10 Å². The quantitative estimate of drug-likeness (QED) is 0.806. The highest BCUT2D eigenvalue weighted by molar-refractivity contribution is 5.30. The van der Waals surface area contributed by atoms with Crippen molar-refractivity contribution in [2.45, 2.75) is 6.42 Å². The lowest BCUT2D eigenvalue weighted by Gasteiger charge is -2.26. The summed E-state index contributed by atoms with van der Waals surface area (Å²) in [5.74, 6) is 1.62. The van der Waals surface area contributed by atoms with E-state index < -0.39 is 0 Å². The molecule has 0 spiro atoms. The molecule has 0 atom stereocenters. The van der Waals surface area contributed by atoms with Gasteiger partial charge in [0.15, 0.2) is 5.82 Å². The zero-order valence-corrected chi connectivity index (χ0v) is 8.87. The van der Waals surface area contributed by atoms with Crippen LogP contribution in [0.15, 0.2) is 30.3 Å². The molecule has 0 saturated carbocycles. The summed E-state index contributed by atoms with van der Waals surface area (Å²) in [5.41, 5.74) is 1.02. The Morgan fingerprint density at radius 1 is 1.25 bits per heavy atom. The molecule has 5 nitrogen and oxygen atoms in total. The molecular formula is C11H13N5. The van der Waals surface area contributed by atoms with Gasteiger partial charge in [-0.25, -0.2) is 0 Å². The minimum atomic E-state index is 0.675. The van der Waals surface area contributed by atoms with Crippen molar-refractivity contribution < 1.29 is 0 Å². The van der Waals surface area contributed by atoms with Gasteiger partial charge in [0.05, 0.1) is 5.69 Å². The van der Waals surface area contributed by atoms with Gasteiger partial charge in [-0.3, -0.25) is 0 Å². The van der Waals surface area contributed by atoms with E-state index in [1.807, 2.05) is 35.0 Å². The molecule has 1 saturated heterocycles. The van der Waals surface area contributed by atoms with Crippen LogP contribution in [0.4, 0.5) is 0 Å². The third-order valence-electron chi connectivity index (χ3n) is 2.87. The number of benzene rings is 1. The number of hydrogen-bond acceptors (Lipinski definition) is 4. The maximum atomic E-state index is 4.09. The minimum absolute atomic E-state index is 0.675. The van der Waals surface area contributed by atoms with E-state index >= 15 is 0 Å². The molecule has 5 heteroatoms. The molecule has 0 amide bonds. The van der Waals surface area contributed by atoms with Crippen LogP contribution in [0.3, 0.4) is 0 Å². The zero-order valence-electron chi connectivity index (χ0n) is 8.87.